The van der Waals surface area contributed by atoms with Gasteiger partial charge in [0.1, 0.15) is 0 Å². The average molecular weight is 299 g/mol. The van der Waals surface area contributed by atoms with Gasteiger partial charge in [-0.3, -0.25) is 4.79 Å². The number of ketones is 1. The summed E-state index contributed by atoms with van der Waals surface area (Å²) in [6.07, 6.45) is 1.10. The molecule has 0 aromatic heterocycles. The van der Waals surface area contributed by atoms with Gasteiger partial charge in [0.25, 0.3) is 0 Å². The van der Waals surface area contributed by atoms with Crippen molar-refractivity contribution in [1.82, 2.24) is 0 Å². The minimum atomic E-state index is -0.410. The third-order valence-electron chi connectivity index (χ3n) is 3.05. The SMILES string of the molecule is CCOC(=O)c1cc(Cl)c2c(c1CC)C(=O)CCS2. The van der Waals surface area contributed by atoms with Crippen LogP contribution in [0.4, 0.5) is 0 Å². The Kier molecular flexibility index (Phi) is 4.53. The van der Waals surface area contributed by atoms with Crippen molar-refractivity contribution in [2.45, 2.75) is 31.6 Å². The number of carbonyl (C=O) groups excluding carboxylic acids is 2. The minimum Gasteiger partial charge on any atom is -0.462 e. The zero-order valence-electron chi connectivity index (χ0n) is 10.9. The molecule has 2 rings (SSSR count). The Morgan fingerprint density at radius 3 is 2.84 bits per heavy atom. The molecule has 0 spiro atoms. The molecule has 0 atom stereocenters. The third kappa shape index (κ3) is 2.65. The Morgan fingerprint density at radius 2 is 2.21 bits per heavy atom. The maximum Gasteiger partial charge on any atom is 0.338 e. The van der Waals surface area contributed by atoms with Gasteiger partial charge in [-0.05, 0) is 25.0 Å². The number of thioether (sulfide) groups is 1. The molecule has 1 heterocycles. The van der Waals surface area contributed by atoms with E-state index >= 15 is 0 Å². The molecule has 19 heavy (non-hydrogen) atoms. The summed E-state index contributed by atoms with van der Waals surface area (Å²) in [6.45, 7) is 3.99. The summed E-state index contributed by atoms with van der Waals surface area (Å²) >= 11 is 7.78. The molecular formula is C14H15ClO3S. The van der Waals surface area contributed by atoms with Crippen molar-refractivity contribution >= 4 is 35.1 Å². The summed E-state index contributed by atoms with van der Waals surface area (Å²) in [7, 11) is 0. The van der Waals surface area contributed by atoms with E-state index in [1.807, 2.05) is 6.92 Å². The highest BCUT2D eigenvalue weighted by atomic mass is 35.5. The second-order valence-corrected chi connectivity index (χ2v) is 5.70. The van der Waals surface area contributed by atoms with Gasteiger partial charge in [-0.1, -0.05) is 18.5 Å². The molecule has 0 saturated heterocycles. The second kappa shape index (κ2) is 5.97. The standard InChI is InChI=1S/C14H15ClO3S/c1-3-8-9(14(17)18-4-2)7-10(15)13-12(8)11(16)5-6-19-13/h7H,3-6H2,1-2H3. The van der Waals surface area contributed by atoms with Crippen LogP contribution >= 0.6 is 23.4 Å². The van der Waals surface area contributed by atoms with Crippen LogP contribution in [-0.2, 0) is 11.2 Å². The largest absolute Gasteiger partial charge is 0.462 e. The van der Waals surface area contributed by atoms with Crippen molar-refractivity contribution in [3.05, 3.63) is 27.8 Å². The zero-order valence-corrected chi connectivity index (χ0v) is 12.5. The van der Waals surface area contributed by atoms with Crippen molar-refractivity contribution in [2.24, 2.45) is 0 Å². The number of hydrogen-bond acceptors (Lipinski definition) is 4. The number of rotatable bonds is 3. The number of esters is 1. The lowest BCUT2D eigenvalue weighted by Crippen LogP contribution is -2.17. The number of fused-ring (bicyclic) bond motifs is 1. The molecular weight excluding hydrogens is 284 g/mol. The van der Waals surface area contributed by atoms with E-state index in [2.05, 4.69) is 0 Å². The van der Waals surface area contributed by atoms with Crippen molar-refractivity contribution in [2.75, 3.05) is 12.4 Å². The summed E-state index contributed by atoms with van der Waals surface area (Å²) < 4.78 is 5.04. The van der Waals surface area contributed by atoms with Crippen LogP contribution < -0.4 is 0 Å². The topological polar surface area (TPSA) is 43.4 Å². The van der Waals surface area contributed by atoms with Crippen LogP contribution in [0.25, 0.3) is 0 Å². The fourth-order valence-electron chi connectivity index (χ4n) is 2.24. The van der Waals surface area contributed by atoms with Gasteiger partial charge in [0.15, 0.2) is 5.78 Å². The molecule has 0 radical (unpaired) electrons. The molecule has 1 aromatic carbocycles. The fourth-order valence-corrected chi connectivity index (χ4v) is 3.67. The molecule has 1 aliphatic heterocycles. The van der Waals surface area contributed by atoms with Crippen LogP contribution in [-0.4, -0.2) is 24.1 Å². The summed E-state index contributed by atoms with van der Waals surface area (Å²) in [4.78, 5) is 24.9. The molecule has 3 nitrogen and oxygen atoms in total. The first-order chi connectivity index (χ1) is 9.10. The van der Waals surface area contributed by atoms with E-state index in [1.165, 1.54) is 0 Å². The van der Waals surface area contributed by atoms with Gasteiger partial charge in [0.05, 0.1) is 17.2 Å². The van der Waals surface area contributed by atoms with Crippen LogP contribution in [0.2, 0.25) is 5.02 Å². The van der Waals surface area contributed by atoms with Crippen molar-refractivity contribution in [1.29, 1.82) is 0 Å². The minimum absolute atomic E-state index is 0.0682. The quantitative estimate of drug-likeness (QED) is 0.797. The monoisotopic (exact) mass is 298 g/mol. The van der Waals surface area contributed by atoms with E-state index in [-0.39, 0.29) is 5.78 Å². The van der Waals surface area contributed by atoms with E-state index in [9.17, 15) is 9.59 Å². The predicted octanol–water partition coefficient (Wildman–Crippen LogP) is 3.76. The van der Waals surface area contributed by atoms with Crippen LogP contribution in [0.3, 0.4) is 0 Å². The highest BCUT2D eigenvalue weighted by Crippen LogP contribution is 2.39. The van der Waals surface area contributed by atoms with Gasteiger partial charge >= 0.3 is 5.97 Å². The lowest BCUT2D eigenvalue weighted by molar-refractivity contribution is 0.0525. The highest BCUT2D eigenvalue weighted by molar-refractivity contribution is 7.99. The van der Waals surface area contributed by atoms with Gasteiger partial charge in [0.2, 0.25) is 0 Å². The number of benzene rings is 1. The van der Waals surface area contributed by atoms with Crippen LogP contribution in [0.5, 0.6) is 0 Å². The Bertz CT molecular complexity index is 540. The molecule has 1 aromatic rings. The van der Waals surface area contributed by atoms with Crippen molar-refractivity contribution < 1.29 is 14.3 Å². The average Bonchev–Trinajstić information content (AvgIpc) is 2.39. The lowest BCUT2D eigenvalue weighted by Gasteiger charge is -2.21. The fraction of sp³-hybridized carbons (Fsp3) is 0.429. The van der Waals surface area contributed by atoms with Gasteiger partial charge in [-0.2, -0.15) is 0 Å². The van der Waals surface area contributed by atoms with E-state index in [1.54, 1.807) is 24.8 Å². The molecule has 1 aliphatic rings. The first-order valence-electron chi connectivity index (χ1n) is 6.28. The van der Waals surface area contributed by atoms with Crippen molar-refractivity contribution in [3.63, 3.8) is 0 Å². The molecule has 0 unspecified atom stereocenters. The first-order valence-corrected chi connectivity index (χ1v) is 7.65. The Morgan fingerprint density at radius 1 is 1.47 bits per heavy atom. The number of carbonyl (C=O) groups is 2. The maximum atomic E-state index is 12.1. The normalized spacial score (nSPS) is 14.2. The zero-order chi connectivity index (χ0) is 14.0. The molecule has 0 saturated carbocycles. The van der Waals surface area contributed by atoms with E-state index in [0.29, 0.717) is 35.6 Å². The molecule has 0 aliphatic carbocycles. The lowest BCUT2D eigenvalue weighted by atomic mass is 9.94. The summed E-state index contributed by atoms with van der Waals surface area (Å²) in [6, 6.07) is 1.63. The van der Waals surface area contributed by atoms with Crippen molar-refractivity contribution in [3.8, 4) is 0 Å². The molecule has 102 valence electrons. The summed E-state index contributed by atoms with van der Waals surface area (Å²) in [5.41, 5.74) is 1.80. The molecule has 0 bridgehead atoms. The van der Waals surface area contributed by atoms with Gasteiger partial charge in [-0.25, -0.2) is 4.79 Å². The number of halogens is 1. The molecule has 0 amide bonds. The van der Waals surface area contributed by atoms with E-state index in [4.69, 9.17) is 16.3 Å². The molecule has 0 N–H and O–H groups in total. The molecule has 0 fully saturated rings. The Balaban J connectivity index is 2.63. The number of hydrogen-bond donors (Lipinski definition) is 0. The van der Waals surface area contributed by atoms with E-state index < -0.39 is 5.97 Å². The maximum absolute atomic E-state index is 12.1. The van der Waals surface area contributed by atoms with Crippen LogP contribution in [0.1, 0.15) is 46.5 Å². The summed E-state index contributed by atoms with van der Waals surface area (Å²) in [5, 5.41) is 0.466. The number of ether oxygens (including phenoxy) is 1. The van der Waals surface area contributed by atoms with Gasteiger partial charge in [0, 0.05) is 22.6 Å². The summed E-state index contributed by atoms with van der Waals surface area (Å²) in [5.74, 6) is 0.402. The Hall–Kier alpha value is -1.000. The predicted molar refractivity (Wildman–Crippen MR) is 76.5 cm³/mol. The molecule has 5 heteroatoms. The number of Topliss-reactive ketones (excluding diaryl/α,β-unsaturated/α-hetero) is 1. The third-order valence-corrected chi connectivity index (χ3v) is 4.58. The van der Waals surface area contributed by atoms with Crippen LogP contribution in [0.15, 0.2) is 11.0 Å². The highest BCUT2D eigenvalue weighted by Gasteiger charge is 2.27. The smallest absolute Gasteiger partial charge is 0.338 e. The van der Waals surface area contributed by atoms with Gasteiger partial charge in [-0.15, -0.1) is 11.8 Å². The second-order valence-electron chi connectivity index (χ2n) is 4.18. The first kappa shape index (κ1) is 14.4. The Labute approximate surface area is 121 Å². The van der Waals surface area contributed by atoms with Crippen LogP contribution in [0, 0.1) is 0 Å². The van der Waals surface area contributed by atoms with E-state index in [0.717, 1.165) is 16.2 Å². The van der Waals surface area contributed by atoms with Gasteiger partial charge < -0.3 is 4.74 Å².